The van der Waals surface area contributed by atoms with E-state index in [1.165, 1.54) is 12.8 Å². The molecule has 2 amide bonds. The van der Waals surface area contributed by atoms with E-state index in [0.29, 0.717) is 51.4 Å². The number of halogens is 1. The zero-order valence-corrected chi connectivity index (χ0v) is 20.8. The van der Waals surface area contributed by atoms with Crippen molar-refractivity contribution in [2.45, 2.75) is 39.2 Å². The molecule has 34 heavy (non-hydrogen) atoms. The molecule has 1 atom stereocenters. The summed E-state index contributed by atoms with van der Waals surface area (Å²) in [5.74, 6) is 0.781. The molecule has 1 aromatic carbocycles. The lowest BCUT2D eigenvalue weighted by molar-refractivity contribution is -0.132. The Morgan fingerprint density at radius 2 is 1.79 bits per heavy atom. The molecule has 1 unspecified atom stereocenters. The topological polar surface area (TPSA) is 81.9 Å². The first-order chi connectivity index (χ1) is 16.4. The number of amides is 2. The third kappa shape index (κ3) is 5.98. The Hall–Kier alpha value is -2.42. The van der Waals surface area contributed by atoms with Crippen molar-refractivity contribution in [2.24, 2.45) is 0 Å². The number of piperazine rings is 1. The normalized spacial score (nSPS) is 18.3. The van der Waals surface area contributed by atoms with Crippen LogP contribution in [0.1, 0.15) is 41.5 Å². The molecule has 2 fully saturated rings. The molecule has 2 aromatic rings. The minimum atomic E-state index is 0.00625. The maximum absolute atomic E-state index is 12.7. The number of nitrogens with zero attached hydrogens (tertiary/aromatic N) is 4. The van der Waals surface area contributed by atoms with Gasteiger partial charge in [-0.3, -0.25) is 19.4 Å². The number of hydrogen-bond donors (Lipinski definition) is 1. The molecule has 184 valence electrons. The van der Waals surface area contributed by atoms with Crippen LogP contribution in [0.2, 0.25) is 5.02 Å². The maximum atomic E-state index is 12.7. The molecule has 0 radical (unpaired) electrons. The highest BCUT2D eigenvalue weighted by Gasteiger charge is 2.27. The Bertz CT molecular complexity index is 977. The monoisotopic (exact) mass is 487 g/mol. The van der Waals surface area contributed by atoms with E-state index < -0.39 is 0 Å². The molecular weight excluding hydrogens is 454 g/mol. The highest BCUT2D eigenvalue weighted by Crippen LogP contribution is 2.29. The van der Waals surface area contributed by atoms with Gasteiger partial charge in [0.15, 0.2) is 0 Å². The minimum absolute atomic E-state index is 0.00625. The summed E-state index contributed by atoms with van der Waals surface area (Å²) in [5, 5.41) is 7.80. The fourth-order valence-electron chi connectivity index (χ4n) is 4.88. The number of benzene rings is 1. The first kappa shape index (κ1) is 24.7. The molecule has 4 rings (SSSR count). The van der Waals surface area contributed by atoms with E-state index in [-0.39, 0.29) is 17.9 Å². The van der Waals surface area contributed by atoms with Gasteiger partial charge in [-0.25, -0.2) is 0 Å². The first-order valence-electron chi connectivity index (χ1n) is 12.1. The van der Waals surface area contributed by atoms with Gasteiger partial charge < -0.3 is 14.7 Å². The van der Waals surface area contributed by atoms with E-state index in [1.54, 1.807) is 0 Å². The molecule has 2 saturated heterocycles. The third-order valence-electron chi connectivity index (χ3n) is 6.94. The van der Waals surface area contributed by atoms with Gasteiger partial charge in [0.25, 0.3) is 0 Å². The predicted molar refractivity (Wildman–Crippen MR) is 131 cm³/mol. The number of rotatable bonds is 8. The second kappa shape index (κ2) is 11.3. The quantitative estimate of drug-likeness (QED) is 0.616. The highest BCUT2D eigenvalue weighted by atomic mass is 35.5. The van der Waals surface area contributed by atoms with Crippen molar-refractivity contribution >= 4 is 23.4 Å². The van der Waals surface area contributed by atoms with Crippen LogP contribution in [0.3, 0.4) is 0 Å². The molecule has 1 N–H and O–H groups in total. The zero-order chi connectivity index (χ0) is 24.1. The van der Waals surface area contributed by atoms with Gasteiger partial charge in [-0.2, -0.15) is 0 Å². The molecule has 9 heteroatoms. The van der Waals surface area contributed by atoms with E-state index in [1.807, 2.05) is 36.9 Å². The number of aryl methyl sites for hydroxylation is 2. The third-order valence-corrected chi connectivity index (χ3v) is 7.28. The Kier molecular flexibility index (Phi) is 8.24. The van der Waals surface area contributed by atoms with Crippen LogP contribution in [0.5, 0.6) is 0 Å². The summed E-state index contributed by atoms with van der Waals surface area (Å²) in [6, 6.07) is 7.98. The van der Waals surface area contributed by atoms with Crippen molar-refractivity contribution in [3.8, 4) is 0 Å². The van der Waals surface area contributed by atoms with E-state index in [4.69, 9.17) is 16.1 Å². The molecule has 8 nitrogen and oxygen atoms in total. The second-order valence-electron chi connectivity index (χ2n) is 9.22. The Balaban J connectivity index is 1.25. The van der Waals surface area contributed by atoms with E-state index >= 15 is 0 Å². The molecule has 0 spiro atoms. The Morgan fingerprint density at radius 3 is 2.44 bits per heavy atom. The van der Waals surface area contributed by atoms with Crippen LogP contribution in [0.25, 0.3) is 0 Å². The summed E-state index contributed by atoms with van der Waals surface area (Å²) in [5.41, 5.74) is 2.71. The minimum Gasteiger partial charge on any atom is -0.361 e. The fourth-order valence-corrected chi connectivity index (χ4v) is 5.14. The smallest absolute Gasteiger partial charge is 0.234 e. The predicted octanol–water partition coefficient (Wildman–Crippen LogP) is 2.58. The van der Waals surface area contributed by atoms with Crippen LogP contribution in [-0.4, -0.2) is 84.0 Å². The summed E-state index contributed by atoms with van der Waals surface area (Å²) in [6.45, 7) is 9.21. The van der Waals surface area contributed by atoms with E-state index in [9.17, 15) is 9.59 Å². The van der Waals surface area contributed by atoms with Crippen LogP contribution in [-0.2, 0) is 16.0 Å². The van der Waals surface area contributed by atoms with Gasteiger partial charge in [0.2, 0.25) is 11.8 Å². The molecule has 0 saturated carbocycles. The Morgan fingerprint density at radius 1 is 1.09 bits per heavy atom. The molecule has 0 bridgehead atoms. The van der Waals surface area contributed by atoms with Gasteiger partial charge in [0.05, 0.1) is 24.7 Å². The van der Waals surface area contributed by atoms with E-state index in [0.717, 1.165) is 34.9 Å². The number of carbonyl (C=O) groups is 2. The van der Waals surface area contributed by atoms with Crippen LogP contribution in [0.4, 0.5) is 0 Å². The van der Waals surface area contributed by atoms with Crippen molar-refractivity contribution in [1.82, 2.24) is 25.2 Å². The highest BCUT2D eigenvalue weighted by molar-refractivity contribution is 6.31. The van der Waals surface area contributed by atoms with Gasteiger partial charge in [-0.05, 0) is 51.4 Å². The number of aromatic nitrogens is 1. The van der Waals surface area contributed by atoms with Crippen LogP contribution < -0.4 is 5.32 Å². The summed E-state index contributed by atoms with van der Waals surface area (Å²) in [7, 11) is 0. The molecule has 2 aliphatic heterocycles. The zero-order valence-electron chi connectivity index (χ0n) is 20.1. The molecule has 0 aliphatic carbocycles. The van der Waals surface area contributed by atoms with Crippen molar-refractivity contribution < 1.29 is 14.1 Å². The fraction of sp³-hybridized carbons (Fsp3) is 0.560. The molecule has 3 heterocycles. The van der Waals surface area contributed by atoms with E-state index in [2.05, 4.69) is 26.3 Å². The first-order valence-corrected chi connectivity index (χ1v) is 12.5. The summed E-state index contributed by atoms with van der Waals surface area (Å²) in [4.78, 5) is 31.8. The van der Waals surface area contributed by atoms with Gasteiger partial charge in [-0.15, -0.1) is 0 Å². The molecule has 1 aromatic heterocycles. The van der Waals surface area contributed by atoms with Crippen LogP contribution in [0.15, 0.2) is 28.8 Å². The van der Waals surface area contributed by atoms with Crippen molar-refractivity contribution in [2.75, 3.05) is 52.4 Å². The lowest BCUT2D eigenvalue weighted by Gasteiger charge is -2.34. The largest absolute Gasteiger partial charge is 0.361 e. The molecular formula is C25H34ClN5O3. The molecule has 2 aliphatic rings. The second-order valence-corrected chi connectivity index (χ2v) is 9.63. The summed E-state index contributed by atoms with van der Waals surface area (Å²) in [6.07, 6.45) is 2.66. The summed E-state index contributed by atoms with van der Waals surface area (Å²) >= 11 is 6.48. The van der Waals surface area contributed by atoms with Crippen molar-refractivity contribution in [3.63, 3.8) is 0 Å². The number of likely N-dealkylation sites (tertiary alicyclic amines) is 1. The standard InChI is InChI=1S/C25H34ClN5O3/c1-18-21(19(2)34-28-18)15-25(33)31-13-11-29(12-14-31)17-24(32)27-16-23(30-9-5-6-10-30)20-7-3-4-8-22(20)26/h3-4,7-8,23H,5-6,9-17H2,1-2H3,(H,27,32). The average molecular weight is 488 g/mol. The SMILES string of the molecule is Cc1noc(C)c1CC(=O)N1CCN(CC(=O)NCC(c2ccccc2Cl)N2CCCC2)CC1. The van der Waals surface area contributed by atoms with Crippen LogP contribution in [0, 0.1) is 13.8 Å². The van der Waals surface area contributed by atoms with Gasteiger partial charge >= 0.3 is 0 Å². The van der Waals surface area contributed by atoms with Crippen molar-refractivity contribution in [3.05, 3.63) is 51.9 Å². The van der Waals surface area contributed by atoms with Gasteiger partial charge in [0, 0.05) is 43.3 Å². The lowest BCUT2D eigenvalue weighted by Crippen LogP contribution is -2.51. The average Bonchev–Trinajstić information content (AvgIpc) is 3.47. The van der Waals surface area contributed by atoms with Gasteiger partial charge in [-0.1, -0.05) is 35.0 Å². The number of carbonyl (C=O) groups excluding carboxylic acids is 2. The lowest BCUT2D eigenvalue weighted by atomic mass is 10.1. The Labute approximate surface area is 206 Å². The van der Waals surface area contributed by atoms with Gasteiger partial charge in [0.1, 0.15) is 5.76 Å². The van der Waals surface area contributed by atoms with Crippen molar-refractivity contribution in [1.29, 1.82) is 0 Å². The number of hydrogen-bond acceptors (Lipinski definition) is 6. The maximum Gasteiger partial charge on any atom is 0.234 e. The summed E-state index contributed by atoms with van der Waals surface area (Å²) < 4.78 is 5.17. The number of nitrogens with one attached hydrogen (secondary N) is 1. The van der Waals surface area contributed by atoms with Crippen LogP contribution >= 0.6 is 11.6 Å².